The Bertz CT molecular complexity index is 849. The number of hydrogen-bond acceptors (Lipinski definition) is 0. The molecule has 0 aliphatic heterocycles. The second kappa shape index (κ2) is 2.05. The van der Waals surface area contributed by atoms with Crippen LogP contribution in [0.25, 0.3) is 0 Å². The summed E-state index contributed by atoms with van der Waals surface area (Å²) in [5.41, 5.74) is 5.23. The maximum Gasteiger partial charge on any atom is 0.101 e. The zero-order valence-electron chi connectivity index (χ0n) is 14.1. The average Bonchev–Trinajstić information content (AvgIpc) is 3.09. The molecule has 5 spiro atoms. The van der Waals surface area contributed by atoms with Crippen molar-refractivity contribution in [3.05, 3.63) is 0 Å². The first kappa shape index (κ1) is 10.3. The van der Waals surface area contributed by atoms with Crippen LogP contribution in [0.1, 0.15) is 32.1 Å². The topological polar surface area (TPSA) is 0 Å². The van der Waals surface area contributed by atoms with Crippen LogP contribution in [0, 0.1) is 92.2 Å². The molecule has 0 nitrogen and oxygen atoms in total. The van der Waals surface area contributed by atoms with E-state index < -0.39 is 0 Å². The third-order valence-corrected chi connectivity index (χ3v) is 15.1. The van der Waals surface area contributed by atoms with Crippen molar-refractivity contribution in [2.45, 2.75) is 38.4 Å². The summed E-state index contributed by atoms with van der Waals surface area (Å²) >= 11 is 0. The molecule has 0 bridgehead atoms. The summed E-state index contributed by atoms with van der Waals surface area (Å²) in [6.07, 6.45) is 10.0. The Kier molecular flexibility index (Phi) is 0.917. The highest BCUT2D eigenvalue weighted by molar-refractivity contribution is 6.08. The molecule has 0 aromatic carbocycles. The molecule has 0 radical (unpaired) electrons. The molecule has 116 valence electrons. The van der Waals surface area contributed by atoms with Crippen molar-refractivity contribution in [2.75, 3.05) is 0 Å². The Balaban J connectivity index is 1.23. The van der Waals surface area contributed by atoms with Crippen molar-refractivity contribution in [2.24, 2.45) is 92.2 Å². The van der Waals surface area contributed by atoms with Crippen LogP contribution in [-0.4, -0.2) is 7.85 Å². The molecule has 11 aliphatic rings. The van der Waals surface area contributed by atoms with Gasteiger partial charge in [0.05, 0.1) is 0 Å². The summed E-state index contributed by atoms with van der Waals surface area (Å²) in [6.45, 7) is 0. The molecule has 23 heavy (non-hydrogen) atoms. The minimum atomic E-state index is 1.01. The van der Waals surface area contributed by atoms with Gasteiger partial charge in [-0.15, -0.1) is 0 Å². The van der Waals surface area contributed by atoms with Gasteiger partial charge in [0.1, 0.15) is 7.85 Å². The minimum Gasteiger partial charge on any atom is -0.0780 e. The van der Waals surface area contributed by atoms with Crippen molar-refractivity contribution in [3.63, 3.8) is 0 Å². The highest BCUT2D eigenvalue weighted by atomic mass is 15.3. The summed E-state index contributed by atoms with van der Waals surface area (Å²) in [5.74, 6) is 14.1. The van der Waals surface area contributed by atoms with Crippen molar-refractivity contribution in [3.8, 4) is 0 Å². The Morgan fingerprint density at radius 1 is 0.783 bits per heavy atom. The van der Waals surface area contributed by atoms with Crippen LogP contribution < -0.4 is 0 Å². The van der Waals surface area contributed by atoms with E-state index in [9.17, 15) is 0 Å². The van der Waals surface area contributed by atoms with Crippen LogP contribution >= 0.6 is 0 Å². The Morgan fingerprint density at radius 2 is 1.61 bits per heavy atom. The van der Waals surface area contributed by atoms with Crippen molar-refractivity contribution >= 4 is 7.85 Å². The summed E-state index contributed by atoms with van der Waals surface area (Å²) in [5, 5.41) is 0. The fraction of sp³-hybridized carbons (Fsp3) is 1.00. The van der Waals surface area contributed by atoms with Crippen LogP contribution in [0.4, 0.5) is 0 Å². The Labute approximate surface area is 138 Å². The fourth-order valence-corrected chi connectivity index (χ4v) is 16.5. The highest BCUT2D eigenvalue weighted by Gasteiger charge is 3.25. The monoisotopic (exact) mass is 300 g/mol. The van der Waals surface area contributed by atoms with Crippen LogP contribution in [0.3, 0.4) is 0 Å². The van der Waals surface area contributed by atoms with Crippen LogP contribution in [-0.2, 0) is 0 Å². The molecule has 11 aliphatic carbocycles. The highest BCUT2D eigenvalue weighted by Crippen LogP contribution is 3.28. The van der Waals surface area contributed by atoms with Gasteiger partial charge in [0.15, 0.2) is 0 Å². The SMILES string of the molecule is BCC1CC2C3C4C5CCC56C5C7C8C9CC%10CC1C%109C28C37C456. The Morgan fingerprint density at radius 3 is 2.39 bits per heavy atom. The zero-order valence-corrected chi connectivity index (χ0v) is 14.1. The number of fused-ring (bicyclic) bond motifs is 6. The van der Waals surface area contributed by atoms with Gasteiger partial charge >= 0.3 is 0 Å². The summed E-state index contributed by atoms with van der Waals surface area (Å²) in [7, 11) is 2.54. The first-order valence-electron chi connectivity index (χ1n) is 11.3. The van der Waals surface area contributed by atoms with Gasteiger partial charge in [0.25, 0.3) is 0 Å². The molecule has 0 aromatic rings. The maximum atomic E-state index is 2.54. The Hall–Kier alpha value is 0.0649. The lowest BCUT2D eigenvalue weighted by molar-refractivity contribution is -0.675. The third-order valence-electron chi connectivity index (χ3n) is 15.1. The predicted octanol–water partition coefficient (Wildman–Crippen LogP) is 2.85. The molecule has 11 fully saturated rings. The number of hydrogen-bond donors (Lipinski definition) is 0. The molecule has 16 unspecified atom stereocenters. The maximum absolute atomic E-state index is 2.54. The third kappa shape index (κ3) is 0.405. The van der Waals surface area contributed by atoms with Crippen molar-refractivity contribution < 1.29 is 0 Å². The van der Waals surface area contributed by atoms with Gasteiger partial charge in [0, 0.05) is 0 Å². The van der Waals surface area contributed by atoms with E-state index >= 15 is 0 Å². The van der Waals surface area contributed by atoms with Gasteiger partial charge in [-0.3, -0.25) is 0 Å². The van der Waals surface area contributed by atoms with Gasteiger partial charge in [0.2, 0.25) is 0 Å². The van der Waals surface area contributed by atoms with Crippen molar-refractivity contribution in [1.82, 2.24) is 0 Å². The molecule has 11 saturated carbocycles. The average molecular weight is 300 g/mol. The molecule has 16 atom stereocenters. The summed E-state index contributed by atoms with van der Waals surface area (Å²) in [4.78, 5) is 0. The largest absolute Gasteiger partial charge is 0.101 e. The number of rotatable bonds is 1. The van der Waals surface area contributed by atoms with Gasteiger partial charge < -0.3 is 0 Å². The lowest BCUT2D eigenvalue weighted by atomic mass is 8.90. The summed E-state index contributed by atoms with van der Waals surface area (Å²) < 4.78 is 0. The second-order valence-electron chi connectivity index (χ2n) is 12.7. The normalized spacial score (nSPS) is 99.2. The molecule has 0 heterocycles. The van der Waals surface area contributed by atoms with Gasteiger partial charge in [-0.25, -0.2) is 0 Å². The predicted molar refractivity (Wildman–Crippen MR) is 87.0 cm³/mol. The van der Waals surface area contributed by atoms with Crippen LogP contribution in [0.5, 0.6) is 0 Å². The van der Waals surface area contributed by atoms with Gasteiger partial charge in [-0.05, 0) is 124 Å². The van der Waals surface area contributed by atoms with E-state index in [1.807, 2.05) is 0 Å². The quantitative estimate of drug-likeness (QED) is 0.653. The lowest BCUT2D eigenvalue weighted by Crippen LogP contribution is -3.10. The second-order valence-corrected chi connectivity index (χ2v) is 12.7. The van der Waals surface area contributed by atoms with E-state index in [-0.39, 0.29) is 0 Å². The molecule has 0 N–H and O–H groups in total. The van der Waals surface area contributed by atoms with Crippen molar-refractivity contribution in [1.29, 1.82) is 0 Å². The minimum absolute atomic E-state index is 1.01. The molecule has 0 aromatic heterocycles. The van der Waals surface area contributed by atoms with Crippen LogP contribution in [0.15, 0.2) is 0 Å². The zero-order chi connectivity index (χ0) is 14.1. The van der Waals surface area contributed by atoms with E-state index in [1.165, 1.54) is 71.4 Å². The first-order valence-corrected chi connectivity index (χ1v) is 11.3. The molecule has 0 saturated heterocycles. The van der Waals surface area contributed by atoms with Gasteiger partial charge in [-0.1, -0.05) is 6.32 Å². The molecular weight excluding hydrogens is 275 g/mol. The molecule has 11 rings (SSSR count). The van der Waals surface area contributed by atoms with E-state index in [4.69, 9.17) is 0 Å². The van der Waals surface area contributed by atoms with E-state index in [0.717, 1.165) is 27.1 Å². The smallest absolute Gasteiger partial charge is 0.0780 e. The molecular formula is C22H25B. The van der Waals surface area contributed by atoms with Gasteiger partial charge in [-0.2, -0.15) is 0 Å². The molecule has 0 amide bonds. The lowest BCUT2D eigenvalue weighted by Gasteiger charge is -3.13. The fourth-order valence-electron chi connectivity index (χ4n) is 16.5. The molecule has 1 heteroatoms. The standard InChI is InChI=1S/C22H25B/c23-6-7-3-12-15-13-9-1-2-18(9)17-16-14-11-5-8-4-10(7)19(8,11)20(12,14)21(15,16)22(13,17)18/h7-17H,1-6,23H2. The van der Waals surface area contributed by atoms with E-state index in [2.05, 4.69) is 7.85 Å². The van der Waals surface area contributed by atoms with Crippen LogP contribution in [0.2, 0.25) is 6.32 Å². The first-order chi connectivity index (χ1) is 11.3. The summed E-state index contributed by atoms with van der Waals surface area (Å²) in [6, 6.07) is 0. The van der Waals surface area contributed by atoms with E-state index in [0.29, 0.717) is 0 Å². The van der Waals surface area contributed by atoms with E-state index in [1.54, 1.807) is 32.1 Å².